The zero-order valence-electron chi connectivity index (χ0n) is 16.5. The van der Waals surface area contributed by atoms with Gasteiger partial charge in [-0.15, -0.1) is 5.10 Å². The first-order valence-corrected chi connectivity index (χ1v) is 9.75. The van der Waals surface area contributed by atoms with Crippen LogP contribution in [0.1, 0.15) is 29.9 Å². The van der Waals surface area contributed by atoms with Gasteiger partial charge >= 0.3 is 0 Å². The van der Waals surface area contributed by atoms with Crippen LogP contribution in [0.2, 0.25) is 0 Å². The number of carbonyl (C=O) groups is 1. The number of primary amides is 1. The maximum atomic E-state index is 13.4. The van der Waals surface area contributed by atoms with Gasteiger partial charge in [0.25, 0.3) is 0 Å². The van der Waals surface area contributed by atoms with E-state index in [1.807, 2.05) is 18.2 Å². The van der Waals surface area contributed by atoms with Crippen molar-refractivity contribution < 1.29 is 13.9 Å². The van der Waals surface area contributed by atoms with E-state index in [1.54, 1.807) is 23.9 Å². The summed E-state index contributed by atoms with van der Waals surface area (Å²) in [5, 5.41) is 14.8. The smallest absolute Gasteiger partial charge is 0.221 e. The van der Waals surface area contributed by atoms with Gasteiger partial charge in [-0.2, -0.15) is 0 Å². The monoisotopic (exact) mass is 410 g/mol. The van der Waals surface area contributed by atoms with E-state index in [1.165, 1.54) is 18.5 Å². The Morgan fingerprint density at radius 1 is 1.27 bits per heavy atom. The molecular formula is C21H23FN6O2. The van der Waals surface area contributed by atoms with Gasteiger partial charge in [-0.1, -0.05) is 12.1 Å². The van der Waals surface area contributed by atoms with E-state index in [0.29, 0.717) is 13.0 Å². The Bertz CT molecular complexity index is 1010. The van der Waals surface area contributed by atoms with Crippen molar-refractivity contribution in [3.63, 3.8) is 0 Å². The number of benzene rings is 2. The molecule has 3 atom stereocenters. The molecule has 9 heteroatoms. The molecule has 0 radical (unpaired) electrons. The second-order valence-corrected chi connectivity index (χ2v) is 7.40. The van der Waals surface area contributed by atoms with Crippen LogP contribution in [-0.4, -0.2) is 39.3 Å². The van der Waals surface area contributed by atoms with Crippen molar-refractivity contribution in [3.05, 3.63) is 65.7 Å². The van der Waals surface area contributed by atoms with E-state index >= 15 is 0 Å². The van der Waals surface area contributed by atoms with Crippen LogP contribution in [0.15, 0.2) is 48.8 Å². The van der Waals surface area contributed by atoms with Crippen molar-refractivity contribution in [1.29, 1.82) is 0 Å². The molecule has 0 bridgehead atoms. The number of methoxy groups -OCH3 is 1. The fraction of sp³-hybridized carbons (Fsp3) is 0.333. The summed E-state index contributed by atoms with van der Waals surface area (Å²) in [6, 6.07) is 12.0. The number of carbonyl (C=O) groups excluding carboxylic acids is 1. The molecule has 1 saturated carbocycles. The maximum absolute atomic E-state index is 13.4. The zero-order valence-corrected chi connectivity index (χ0v) is 16.5. The lowest BCUT2D eigenvalue weighted by Crippen LogP contribution is -2.35. The molecule has 0 unspecified atom stereocenters. The van der Waals surface area contributed by atoms with E-state index in [9.17, 15) is 9.18 Å². The van der Waals surface area contributed by atoms with Gasteiger partial charge in [0.2, 0.25) is 5.91 Å². The Morgan fingerprint density at radius 3 is 2.73 bits per heavy atom. The molecule has 8 nitrogen and oxygen atoms in total. The highest BCUT2D eigenvalue weighted by Crippen LogP contribution is 2.40. The molecule has 0 saturated heterocycles. The predicted molar refractivity (Wildman–Crippen MR) is 107 cm³/mol. The van der Waals surface area contributed by atoms with Crippen LogP contribution in [0.5, 0.6) is 5.75 Å². The number of hydrogen-bond donors (Lipinski definition) is 2. The van der Waals surface area contributed by atoms with Crippen molar-refractivity contribution in [3.8, 4) is 11.4 Å². The second-order valence-electron chi connectivity index (χ2n) is 7.40. The molecule has 1 amide bonds. The number of hydrogen-bond acceptors (Lipinski definition) is 6. The van der Waals surface area contributed by atoms with Crippen molar-refractivity contribution in [1.82, 2.24) is 25.5 Å². The summed E-state index contributed by atoms with van der Waals surface area (Å²) >= 11 is 0. The first-order chi connectivity index (χ1) is 14.6. The summed E-state index contributed by atoms with van der Waals surface area (Å²) in [6.07, 6.45) is 3.01. The number of nitrogens with two attached hydrogens (primary N) is 1. The highest BCUT2D eigenvalue weighted by Gasteiger charge is 2.40. The summed E-state index contributed by atoms with van der Waals surface area (Å²) in [6.45, 7) is 0.521. The highest BCUT2D eigenvalue weighted by atomic mass is 19.1. The normalized spacial score (nSPS) is 20.9. The largest absolute Gasteiger partial charge is 0.496 e. The molecule has 1 aromatic heterocycles. The Morgan fingerprint density at radius 2 is 2.07 bits per heavy atom. The summed E-state index contributed by atoms with van der Waals surface area (Å²) in [4.78, 5) is 12.0. The molecule has 2 aromatic carbocycles. The van der Waals surface area contributed by atoms with Gasteiger partial charge in [0.1, 0.15) is 17.9 Å². The van der Waals surface area contributed by atoms with Crippen LogP contribution in [-0.2, 0) is 11.3 Å². The second kappa shape index (κ2) is 8.58. The van der Waals surface area contributed by atoms with Crippen molar-refractivity contribution >= 4 is 5.91 Å². The standard InChI is InChI=1S/C21H23FN6O2/c1-30-19-9-6-16(28-12-25-26-27-28)10-14(19)11-24-18-8-7-17(21(23)29)20(18)13-2-4-15(22)5-3-13/h2-6,9-10,12,17-18,20,24H,7-8,11H2,1H3,(H2,23,29)/t17-,18+,20+/m1/s1. The number of nitrogens with zero attached hydrogens (tertiary/aromatic N) is 4. The molecule has 1 aliphatic carbocycles. The summed E-state index contributed by atoms with van der Waals surface area (Å²) in [5.74, 6) is -0.297. The van der Waals surface area contributed by atoms with Crippen molar-refractivity contribution in [2.75, 3.05) is 7.11 Å². The predicted octanol–water partition coefficient (Wildman–Crippen LogP) is 1.95. The van der Waals surface area contributed by atoms with E-state index < -0.39 is 0 Å². The number of tetrazole rings is 1. The average Bonchev–Trinajstić information content (AvgIpc) is 3.43. The third-order valence-electron chi connectivity index (χ3n) is 5.71. The van der Waals surface area contributed by atoms with Gasteiger partial charge in [-0.05, 0) is 59.2 Å². The molecule has 3 N–H and O–H groups in total. The highest BCUT2D eigenvalue weighted by molar-refractivity contribution is 5.78. The fourth-order valence-electron chi connectivity index (χ4n) is 4.26. The molecule has 1 fully saturated rings. The number of amides is 1. The minimum Gasteiger partial charge on any atom is -0.496 e. The van der Waals surface area contributed by atoms with Gasteiger partial charge in [0.15, 0.2) is 0 Å². The van der Waals surface area contributed by atoms with Crippen LogP contribution in [0.3, 0.4) is 0 Å². The number of ether oxygens (including phenoxy) is 1. The zero-order chi connectivity index (χ0) is 21.1. The summed E-state index contributed by atoms with van der Waals surface area (Å²) in [5.41, 5.74) is 8.32. The van der Waals surface area contributed by atoms with E-state index in [2.05, 4.69) is 20.8 Å². The van der Waals surface area contributed by atoms with Gasteiger partial charge < -0.3 is 15.8 Å². The molecule has 1 heterocycles. The van der Waals surface area contributed by atoms with Crippen LogP contribution in [0.25, 0.3) is 5.69 Å². The van der Waals surface area contributed by atoms with Crippen LogP contribution < -0.4 is 15.8 Å². The SMILES string of the molecule is COc1ccc(-n2cnnn2)cc1CN[C@H]1CC[C@@H](C(N)=O)[C@@H]1c1ccc(F)cc1. The quantitative estimate of drug-likeness (QED) is 0.616. The van der Waals surface area contributed by atoms with E-state index in [4.69, 9.17) is 10.5 Å². The van der Waals surface area contributed by atoms with Gasteiger partial charge in [0.05, 0.1) is 12.8 Å². The first kappa shape index (κ1) is 20.0. The molecule has 0 aliphatic heterocycles. The van der Waals surface area contributed by atoms with Crippen LogP contribution in [0, 0.1) is 11.7 Å². The van der Waals surface area contributed by atoms with Crippen LogP contribution in [0.4, 0.5) is 4.39 Å². The van der Waals surface area contributed by atoms with Gasteiger partial charge in [0, 0.05) is 30.0 Å². The fourth-order valence-corrected chi connectivity index (χ4v) is 4.26. The van der Waals surface area contributed by atoms with Gasteiger partial charge in [-0.25, -0.2) is 9.07 Å². The van der Waals surface area contributed by atoms with Crippen LogP contribution >= 0.6 is 0 Å². The van der Waals surface area contributed by atoms with Crippen molar-refractivity contribution in [2.45, 2.75) is 31.3 Å². The Kier molecular flexibility index (Phi) is 5.71. The minimum atomic E-state index is -0.327. The minimum absolute atomic E-state index is 0.0226. The molecule has 30 heavy (non-hydrogen) atoms. The average molecular weight is 410 g/mol. The molecule has 3 aromatic rings. The first-order valence-electron chi connectivity index (χ1n) is 9.75. The lowest BCUT2D eigenvalue weighted by Gasteiger charge is -2.25. The molecule has 0 spiro atoms. The summed E-state index contributed by atoms with van der Waals surface area (Å²) < 4.78 is 20.5. The Labute approximate surface area is 173 Å². The molecule has 156 valence electrons. The molecule has 4 rings (SSSR count). The molecule has 1 aliphatic rings. The maximum Gasteiger partial charge on any atom is 0.221 e. The summed E-state index contributed by atoms with van der Waals surface area (Å²) in [7, 11) is 1.62. The van der Waals surface area contributed by atoms with E-state index in [0.717, 1.165) is 29.0 Å². The topological polar surface area (TPSA) is 108 Å². The Hall–Kier alpha value is -3.33. The number of nitrogens with one attached hydrogen (secondary N) is 1. The number of aromatic nitrogens is 4. The lowest BCUT2D eigenvalue weighted by molar-refractivity contribution is -0.122. The Balaban J connectivity index is 1.56. The molecular weight excluding hydrogens is 387 g/mol. The number of rotatable bonds is 7. The van der Waals surface area contributed by atoms with Gasteiger partial charge in [-0.3, -0.25) is 4.79 Å². The van der Waals surface area contributed by atoms with Crippen molar-refractivity contribution in [2.24, 2.45) is 11.7 Å². The third kappa shape index (κ3) is 4.02. The lowest BCUT2D eigenvalue weighted by atomic mass is 9.86. The third-order valence-corrected chi connectivity index (χ3v) is 5.71. The number of halogens is 1. The van der Waals surface area contributed by atoms with E-state index in [-0.39, 0.29) is 29.6 Å².